The molecule has 1 saturated heterocycles. The fourth-order valence-electron chi connectivity index (χ4n) is 2.55. The minimum atomic E-state index is -1.18. The summed E-state index contributed by atoms with van der Waals surface area (Å²) in [4.78, 5) is 35.3. The highest BCUT2D eigenvalue weighted by Gasteiger charge is 2.45. The van der Waals surface area contributed by atoms with Crippen LogP contribution in [-0.4, -0.2) is 40.3 Å². The van der Waals surface area contributed by atoms with E-state index < -0.39 is 23.6 Å². The third-order valence-electron chi connectivity index (χ3n) is 3.48. The first kappa shape index (κ1) is 11.1. The van der Waals surface area contributed by atoms with Gasteiger partial charge in [-0.1, -0.05) is 19.3 Å². The summed E-state index contributed by atoms with van der Waals surface area (Å²) in [7, 11) is 0. The second kappa shape index (κ2) is 4.23. The molecule has 0 bridgehead atoms. The maximum Gasteiger partial charge on any atom is 0.316 e. The van der Waals surface area contributed by atoms with Crippen LogP contribution in [0.25, 0.3) is 0 Å². The SMILES string of the molecule is O=C(O)C1CN(C2CCCCC2)C(=O)C1=O. The Morgan fingerprint density at radius 1 is 1.19 bits per heavy atom. The third-order valence-corrected chi connectivity index (χ3v) is 3.48. The molecule has 1 aliphatic carbocycles. The molecular formula is C11H15NO4. The lowest BCUT2D eigenvalue weighted by Crippen LogP contribution is -2.39. The zero-order chi connectivity index (χ0) is 11.7. The highest BCUT2D eigenvalue weighted by molar-refractivity contribution is 6.42. The Bertz CT molecular complexity index is 333. The van der Waals surface area contributed by atoms with Gasteiger partial charge in [0.2, 0.25) is 5.78 Å². The fourth-order valence-corrected chi connectivity index (χ4v) is 2.55. The standard InChI is InChI=1S/C11H15NO4/c13-9-8(11(15)16)6-12(10(9)14)7-4-2-1-3-5-7/h7-8H,1-6H2,(H,15,16). The van der Waals surface area contributed by atoms with Crippen molar-refractivity contribution in [2.45, 2.75) is 38.1 Å². The summed E-state index contributed by atoms with van der Waals surface area (Å²) in [5, 5.41) is 8.82. The van der Waals surface area contributed by atoms with Crippen LogP contribution < -0.4 is 0 Å². The highest BCUT2D eigenvalue weighted by atomic mass is 16.4. The molecular weight excluding hydrogens is 210 g/mol. The molecule has 1 saturated carbocycles. The van der Waals surface area contributed by atoms with Gasteiger partial charge >= 0.3 is 5.97 Å². The number of nitrogens with zero attached hydrogens (tertiary/aromatic N) is 1. The number of amides is 1. The molecule has 2 aliphatic rings. The summed E-state index contributed by atoms with van der Waals surface area (Å²) >= 11 is 0. The Morgan fingerprint density at radius 3 is 2.31 bits per heavy atom. The number of carboxylic acids is 1. The topological polar surface area (TPSA) is 74.7 Å². The summed E-state index contributed by atoms with van der Waals surface area (Å²) in [5.74, 6) is -3.68. The zero-order valence-corrected chi connectivity index (χ0v) is 9.02. The molecule has 1 heterocycles. The first-order valence-corrected chi connectivity index (χ1v) is 5.69. The van der Waals surface area contributed by atoms with Crippen LogP contribution in [0, 0.1) is 5.92 Å². The van der Waals surface area contributed by atoms with Gasteiger partial charge in [0.15, 0.2) is 0 Å². The molecule has 16 heavy (non-hydrogen) atoms. The van der Waals surface area contributed by atoms with Crippen molar-refractivity contribution in [2.75, 3.05) is 6.54 Å². The van der Waals surface area contributed by atoms with Crippen LogP contribution in [-0.2, 0) is 14.4 Å². The Morgan fingerprint density at radius 2 is 1.81 bits per heavy atom. The number of carbonyl (C=O) groups excluding carboxylic acids is 2. The lowest BCUT2D eigenvalue weighted by Gasteiger charge is -2.30. The Balaban J connectivity index is 2.09. The summed E-state index contributed by atoms with van der Waals surface area (Å²) < 4.78 is 0. The maximum absolute atomic E-state index is 11.6. The average molecular weight is 225 g/mol. The van der Waals surface area contributed by atoms with E-state index in [1.54, 1.807) is 0 Å². The average Bonchev–Trinajstić information content (AvgIpc) is 2.58. The summed E-state index contributed by atoms with van der Waals surface area (Å²) in [6.45, 7) is 0.0671. The Kier molecular flexibility index (Phi) is 2.94. The molecule has 5 nitrogen and oxygen atoms in total. The number of likely N-dealkylation sites (tertiary alicyclic amines) is 1. The van der Waals surface area contributed by atoms with Crippen LogP contribution in [0.2, 0.25) is 0 Å². The normalized spacial score (nSPS) is 27.5. The molecule has 1 aliphatic heterocycles. The predicted octanol–water partition coefficient (Wildman–Crippen LogP) is 0.431. The minimum absolute atomic E-state index is 0.0671. The number of aliphatic carboxylic acids is 1. The molecule has 0 aromatic rings. The largest absolute Gasteiger partial charge is 0.481 e. The van der Waals surface area contributed by atoms with E-state index in [-0.39, 0.29) is 12.6 Å². The zero-order valence-electron chi connectivity index (χ0n) is 9.02. The van der Waals surface area contributed by atoms with Crippen molar-refractivity contribution in [2.24, 2.45) is 5.92 Å². The summed E-state index contributed by atoms with van der Waals surface area (Å²) in [6, 6.07) is 0.0783. The van der Waals surface area contributed by atoms with Gasteiger partial charge in [0.05, 0.1) is 0 Å². The van der Waals surface area contributed by atoms with Gasteiger partial charge in [0.25, 0.3) is 5.91 Å². The monoisotopic (exact) mass is 225 g/mol. The van der Waals surface area contributed by atoms with Crippen LogP contribution >= 0.6 is 0 Å². The van der Waals surface area contributed by atoms with Gasteiger partial charge in [-0.2, -0.15) is 0 Å². The van der Waals surface area contributed by atoms with Crippen molar-refractivity contribution in [3.05, 3.63) is 0 Å². The summed E-state index contributed by atoms with van der Waals surface area (Å²) in [6.07, 6.45) is 5.06. The number of hydrogen-bond donors (Lipinski definition) is 1. The van der Waals surface area contributed by atoms with E-state index in [0.29, 0.717) is 0 Å². The molecule has 0 aromatic carbocycles. The van der Waals surface area contributed by atoms with Crippen LogP contribution in [0.3, 0.4) is 0 Å². The molecule has 88 valence electrons. The van der Waals surface area contributed by atoms with Crippen molar-refractivity contribution in [3.63, 3.8) is 0 Å². The second-order valence-corrected chi connectivity index (χ2v) is 4.50. The van der Waals surface area contributed by atoms with Gasteiger partial charge in [-0.3, -0.25) is 14.4 Å². The minimum Gasteiger partial charge on any atom is -0.481 e. The molecule has 2 rings (SSSR count). The lowest BCUT2D eigenvalue weighted by molar-refractivity contribution is -0.148. The molecule has 1 unspecified atom stereocenters. The molecule has 1 amide bonds. The number of ketones is 1. The number of rotatable bonds is 2. The van der Waals surface area contributed by atoms with Gasteiger partial charge in [0, 0.05) is 12.6 Å². The van der Waals surface area contributed by atoms with Crippen molar-refractivity contribution < 1.29 is 19.5 Å². The molecule has 0 spiro atoms. The summed E-state index contributed by atoms with van der Waals surface area (Å²) in [5.41, 5.74) is 0. The first-order chi connectivity index (χ1) is 7.61. The Hall–Kier alpha value is -1.39. The van der Waals surface area contributed by atoms with E-state index in [4.69, 9.17) is 5.11 Å². The highest BCUT2D eigenvalue weighted by Crippen LogP contribution is 2.27. The van der Waals surface area contributed by atoms with Gasteiger partial charge in [-0.05, 0) is 12.8 Å². The number of Topliss-reactive ketones (excluding diaryl/α,β-unsaturated/α-hetero) is 1. The van der Waals surface area contributed by atoms with Gasteiger partial charge < -0.3 is 10.0 Å². The molecule has 0 aromatic heterocycles. The van der Waals surface area contributed by atoms with Crippen molar-refractivity contribution in [1.82, 2.24) is 4.90 Å². The van der Waals surface area contributed by atoms with Crippen LogP contribution in [0.1, 0.15) is 32.1 Å². The quantitative estimate of drug-likeness (QED) is 0.546. The number of hydrogen-bond acceptors (Lipinski definition) is 3. The van der Waals surface area contributed by atoms with E-state index in [9.17, 15) is 14.4 Å². The molecule has 1 N–H and O–H groups in total. The molecule has 5 heteroatoms. The van der Waals surface area contributed by atoms with E-state index in [0.717, 1.165) is 32.1 Å². The predicted molar refractivity (Wildman–Crippen MR) is 54.7 cm³/mol. The van der Waals surface area contributed by atoms with Crippen molar-refractivity contribution >= 4 is 17.7 Å². The number of carboxylic acid groups (broad SMARTS) is 1. The van der Waals surface area contributed by atoms with Gasteiger partial charge in [-0.25, -0.2) is 0 Å². The van der Waals surface area contributed by atoms with Crippen LogP contribution in [0.15, 0.2) is 0 Å². The van der Waals surface area contributed by atoms with Gasteiger partial charge in [-0.15, -0.1) is 0 Å². The Labute approximate surface area is 93.4 Å². The smallest absolute Gasteiger partial charge is 0.316 e. The van der Waals surface area contributed by atoms with E-state index in [1.165, 1.54) is 4.90 Å². The van der Waals surface area contributed by atoms with Crippen LogP contribution in [0.4, 0.5) is 0 Å². The maximum atomic E-state index is 11.6. The van der Waals surface area contributed by atoms with Crippen LogP contribution in [0.5, 0.6) is 0 Å². The molecule has 0 radical (unpaired) electrons. The molecule has 1 atom stereocenters. The van der Waals surface area contributed by atoms with E-state index in [1.807, 2.05) is 0 Å². The van der Waals surface area contributed by atoms with Crippen molar-refractivity contribution in [1.29, 1.82) is 0 Å². The third kappa shape index (κ3) is 1.81. The lowest BCUT2D eigenvalue weighted by atomic mass is 9.94. The van der Waals surface area contributed by atoms with E-state index >= 15 is 0 Å². The second-order valence-electron chi connectivity index (χ2n) is 4.50. The fraction of sp³-hybridized carbons (Fsp3) is 0.727. The van der Waals surface area contributed by atoms with E-state index in [2.05, 4.69) is 0 Å². The molecule has 2 fully saturated rings. The first-order valence-electron chi connectivity index (χ1n) is 5.69. The van der Waals surface area contributed by atoms with Crippen molar-refractivity contribution in [3.8, 4) is 0 Å². The number of carbonyl (C=O) groups is 3. The van der Waals surface area contributed by atoms with Gasteiger partial charge in [0.1, 0.15) is 5.92 Å².